The van der Waals surface area contributed by atoms with E-state index in [0.717, 1.165) is 15.0 Å². The molecule has 1 amide bonds. The second kappa shape index (κ2) is 7.48. The summed E-state index contributed by atoms with van der Waals surface area (Å²) in [5.74, 6) is 1.05. The number of amides is 1. The van der Waals surface area contributed by atoms with Crippen LogP contribution in [0.25, 0.3) is 10.6 Å². The van der Waals surface area contributed by atoms with E-state index < -0.39 is 0 Å². The molecule has 0 aliphatic heterocycles. The zero-order chi connectivity index (χ0) is 17.1. The van der Waals surface area contributed by atoms with Crippen LogP contribution in [0.2, 0.25) is 0 Å². The van der Waals surface area contributed by atoms with Crippen LogP contribution in [-0.4, -0.2) is 21.3 Å². The van der Waals surface area contributed by atoms with Crippen LogP contribution in [0.15, 0.2) is 50.0 Å². The second-order valence-corrected chi connectivity index (χ2v) is 8.93. The van der Waals surface area contributed by atoms with Crippen LogP contribution >= 0.6 is 45.8 Å². The van der Waals surface area contributed by atoms with Crippen molar-refractivity contribution in [2.75, 3.05) is 5.32 Å². The predicted molar refractivity (Wildman–Crippen MR) is 102 cm³/mol. The molecule has 1 N–H and O–H groups in total. The van der Waals surface area contributed by atoms with Crippen LogP contribution in [0.3, 0.4) is 0 Å². The summed E-state index contributed by atoms with van der Waals surface area (Å²) in [7, 11) is 0. The maximum atomic E-state index is 12.3. The molecule has 10 heteroatoms. The first-order valence-corrected chi connectivity index (χ1v) is 10.6. The summed E-state index contributed by atoms with van der Waals surface area (Å²) < 4.78 is 6.03. The highest BCUT2D eigenvalue weighted by Crippen LogP contribution is 2.30. The van der Waals surface area contributed by atoms with Gasteiger partial charge in [-0.25, -0.2) is 0 Å². The second-order valence-electron chi connectivity index (χ2n) is 4.75. The van der Waals surface area contributed by atoms with Crippen molar-refractivity contribution in [1.29, 1.82) is 0 Å². The molecular formula is C15H10N4O2S4. The van der Waals surface area contributed by atoms with E-state index in [1.807, 2.05) is 29.0 Å². The summed E-state index contributed by atoms with van der Waals surface area (Å²) in [6, 6.07) is 9.55. The minimum atomic E-state index is -0.363. The zero-order valence-corrected chi connectivity index (χ0v) is 15.8. The third-order valence-corrected chi connectivity index (χ3v) is 7.02. The SMILES string of the molecule is O=C(Nc1nnc(SCc2cccs2)s1)c1cc(-c2cccs2)on1. The molecule has 0 atom stereocenters. The van der Waals surface area contributed by atoms with Crippen molar-refractivity contribution < 1.29 is 9.32 Å². The Kier molecular flexibility index (Phi) is 4.92. The van der Waals surface area contributed by atoms with Gasteiger partial charge < -0.3 is 4.52 Å². The van der Waals surface area contributed by atoms with Gasteiger partial charge >= 0.3 is 0 Å². The smallest absolute Gasteiger partial charge is 0.279 e. The van der Waals surface area contributed by atoms with E-state index in [4.69, 9.17) is 4.52 Å². The van der Waals surface area contributed by atoms with Gasteiger partial charge in [-0.15, -0.1) is 32.9 Å². The molecule has 0 aromatic carbocycles. The van der Waals surface area contributed by atoms with Gasteiger partial charge in [0.05, 0.1) is 4.88 Å². The highest BCUT2D eigenvalue weighted by molar-refractivity contribution is 8.00. The third kappa shape index (κ3) is 3.98. The molecule has 0 radical (unpaired) electrons. The van der Waals surface area contributed by atoms with Gasteiger partial charge in [0.25, 0.3) is 5.91 Å². The number of aromatic nitrogens is 3. The maximum absolute atomic E-state index is 12.3. The van der Waals surface area contributed by atoms with E-state index in [1.54, 1.807) is 29.2 Å². The van der Waals surface area contributed by atoms with E-state index in [1.165, 1.54) is 27.6 Å². The van der Waals surface area contributed by atoms with Gasteiger partial charge in [0, 0.05) is 16.7 Å². The van der Waals surface area contributed by atoms with Gasteiger partial charge in [-0.3, -0.25) is 10.1 Å². The molecule has 0 saturated carbocycles. The summed E-state index contributed by atoms with van der Waals surface area (Å²) in [5.41, 5.74) is 0.214. The van der Waals surface area contributed by atoms with Crippen molar-refractivity contribution in [3.63, 3.8) is 0 Å². The molecule has 0 aliphatic carbocycles. The molecule has 4 rings (SSSR count). The number of hydrogen-bond donors (Lipinski definition) is 1. The summed E-state index contributed by atoms with van der Waals surface area (Å²) in [6.45, 7) is 0. The van der Waals surface area contributed by atoms with Crippen LogP contribution in [0, 0.1) is 0 Å². The van der Waals surface area contributed by atoms with E-state index >= 15 is 0 Å². The highest BCUT2D eigenvalue weighted by atomic mass is 32.2. The maximum Gasteiger partial charge on any atom is 0.279 e. The Hall–Kier alpha value is -2.01. The van der Waals surface area contributed by atoms with Gasteiger partial charge in [0.15, 0.2) is 15.8 Å². The van der Waals surface area contributed by atoms with Gasteiger partial charge in [-0.05, 0) is 22.9 Å². The number of anilines is 1. The molecule has 0 aliphatic rings. The van der Waals surface area contributed by atoms with E-state index in [2.05, 4.69) is 26.7 Å². The lowest BCUT2D eigenvalue weighted by Gasteiger charge is -1.95. The first kappa shape index (κ1) is 16.5. The van der Waals surface area contributed by atoms with Crippen molar-refractivity contribution in [3.05, 3.63) is 51.7 Å². The average molecular weight is 407 g/mol. The number of hydrogen-bond acceptors (Lipinski definition) is 9. The van der Waals surface area contributed by atoms with E-state index in [9.17, 15) is 4.79 Å². The molecule has 0 fully saturated rings. The molecule has 126 valence electrons. The van der Waals surface area contributed by atoms with Crippen LogP contribution < -0.4 is 5.32 Å². The number of rotatable bonds is 6. The molecule has 0 bridgehead atoms. The predicted octanol–water partition coefficient (Wildman–Crippen LogP) is 4.86. The fourth-order valence-corrected chi connectivity index (χ4v) is 5.12. The minimum Gasteiger partial charge on any atom is -0.355 e. The summed E-state index contributed by atoms with van der Waals surface area (Å²) >= 11 is 6.17. The van der Waals surface area contributed by atoms with Crippen molar-refractivity contribution >= 4 is 56.8 Å². The molecule has 25 heavy (non-hydrogen) atoms. The lowest BCUT2D eigenvalue weighted by molar-refractivity contribution is 0.101. The number of thiophene rings is 2. The Labute approximate surface area is 158 Å². The lowest BCUT2D eigenvalue weighted by atomic mass is 10.3. The molecule has 4 heterocycles. The Balaban J connectivity index is 1.38. The van der Waals surface area contributed by atoms with Crippen molar-refractivity contribution in [3.8, 4) is 10.6 Å². The highest BCUT2D eigenvalue weighted by Gasteiger charge is 2.16. The first-order valence-electron chi connectivity index (χ1n) is 7.08. The summed E-state index contributed by atoms with van der Waals surface area (Å²) in [4.78, 5) is 14.5. The quantitative estimate of drug-likeness (QED) is 0.364. The Morgan fingerprint density at radius 3 is 2.88 bits per heavy atom. The van der Waals surface area contributed by atoms with Crippen LogP contribution in [0.4, 0.5) is 5.13 Å². The Bertz CT molecular complexity index is 960. The molecule has 0 saturated heterocycles. The van der Waals surface area contributed by atoms with Gasteiger partial charge in [0.1, 0.15) is 0 Å². The standard InChI is InChI=1S/C15H10N4O2S4/c20-13(10-7-11(21-19-10)12-4-2-6-23-12)16-14-17-18-15(25-14)24-8-9-3-1-5-22-9/h1-7H,8H2,(H,16,17,20). The monoisotopic (exact) mass is 406 g/mol. The first-order chi connectivity index (χ1) is 12.3. The number of nitrogens with one attached hydrogen (secondary N) is 1. The molecule has 0 unspecified atom stereocenters. The number of nitrogens with zero attached hydrogens (tertiary/aromatic N) is 3. The number of carbonyl (C=O) groups is 1. The lowest BCUT2D eigenvalue weighted by Crippen LogP contribution is -2.11. The number of carbonyl (C=O) groups excluding carboxylic acids is 1. The number of thioether (sulfide) groups is 1. The van der Waals surface area contributed by atoms with Crippen LogP contribution in [-0.2, 0) is 5.75 Å². The van der Waals surface area contributed by atoms with E-state index in [0.29, 0.717) is 10.9 Å². The van der Waals surface area contributed by atoms with Crippen molar-refractivity contribution in [2.45, 2.75) is 10.1 Å². The van der Waals surface area contributed by atoms with E-state index in [-0.39, 0.29) is 11.6 Å². The normalized spacial score (nSPS) is 10.9. The van der Waals surface area contributed by atoms with Crippen LogP contribution in [0.5, 0.6) is 0 Å². The van der Waals surface area contributed by atoms with Crippen LogP contribution in [0.1, 0.15) is 15.4 Å². The van der Waals surface area contributed by atoms with Crippen molar-refractivity contribution in [2.24, 2.45) is 0 Å². The van der Waals surface area contributed by atoms with Gasteiger partial charge in [-0.2, -0.15) is 0 Å². The minimum absolute atomic E-state index is 0.214. The van der Waals surface area contributed by atoms with Gasteiger partial charge in [0.2, 0.25) is 5.13 Å². The van der Waals surface area contributed by atoms with Crippen molar-refractivity contribution in [1.82, 2.24) is 15.4 Å². The molecule has 6 nitrogen and oxygen atoms in total. The fraction of sp³-hybridized carbons (Fsp3) is 0.0667. The molecule has 4 aromatic heterocycles. The zero-order valence-electron chi connectivity index (χ0n) is 12.5. The fourth-order valence-electron chi connectivity index (χ4n) is 1.92. The Morgan fingerprint density at radius 2 is 2.08 bits per heavy atom. The largest absolute Gasteiger partial charge is 0.355 e. The Morgan fingerprint density at radius 1 is 1.20 bits per heavy atom. The average Bonchev–Trinajstić information content (AvgIpc) is 3.40. The third-order valence-electron chi connectivity index (χ3n) is 3.05. The van der Waals surface area contributed by atoms with Gasteiger partial charge in [-0.1, -0.05) is 40.4 Å². The summed E-state index contributed by atoms with van der Waals surface area (Å²) in [6.07, 6.45) is 0. The molecule has 4 aromatic rings. The summed E-state index contributed by atoms with van der Waals surface area (Å²) in [5, 5.41) is 19.0. The molecular weight excluding hydrogens is 396 g/mol. The topological polar surface area (TPSA) is 80.9 Å². The molecule has 0 spiro atoms.